The van der Waals surface area contributed by atoms with Crippen molar-refractivity contribution in [3.8, 4) is 0 Å². The van der Waals surface area contributed by atoms with E-state index in [1.165, 1.54) is 44.3 Å². The Hall–Kier alpha value is -1.35. The number of hydrogen-bond acceptors (Lipinski definition) is 2. The molecular weight excluding hydrogens is 234 g/mol. The molecule has 2 heterocycles. The molecule has 3 rings (SSSR count). The Bertz CT molecular complexity index is 524. The Kier molecular flexibility index (Phi) is 3.83. The van der Waals surface area contributed by atoms with Crippen LogP contribution in [0, 0.1) is 5.92 Å². The van der Waals surface area contributed by atoms with E-state index in [4.69, 9.17) is 0 Å². The third kappa shape index (κ3) is 2.98. The van der Waals surface area contributed by atoms with Gasteiger partial charge in [0, 0.05) is 6.54 Å². The second kappa shape index (κ2) is 5.74. The average molecular weight is 257 g/mol. The largest absolute Gasteiger partial charge is 0.331 e. The third-order valence-electron chi connectivity index (χ3n) is 4.38. The molecule has 1 saturated heterocycles. The molecule has 2 aromatic rings. The molecule has 1 aromatic heterocycles. The molecule has 1 fully saturated rings. The van der Waals surface area contributed by atoms with Crippen LogP contribution in [0.25, 0.3) is 11.0 Å². The Morgan fingerprint density at radius 3 is 2.84 bits per heavy atom. The zero-order chi connectivity index (χ0) is 13.1. The van der Waals surface area contributed by atoms with Crippen molar-refractivity contribution in [3.05, 3.63) is 30.6 Å². The van der Waals surface area contributed by atoms with Crippen LogP contribution < -0.4 is 0 Å². The number of hydrogen-bond donors (Lipinski definition) is 0. The Balaban J connectivity index is 1.52. The van der Waals surface area contributed by atoms with Gasteiger partial charge in [-0.05, 0) is 63.9 Å². The van der Waals surface area contributed by atoms with Crippen molar-refractivity contribution in [3.63, 3.8) is 0 Å². The topological polar surface area (TPSA) is 21.1 Å². The number of fused-ring (bicyclic) bond motifs is 1. The lowest BCUT2D eigenvalue weighted by Gasteiger charge is -2.28. The summed E-state index contributed by atoms with van der Waals surface area (Å²) >= 11 is 0. The second-order valence-corrected chi connectivity index (χ2v) is 5.82. The minimum absolute atomic E-state index is 0.936. The summed E-state index contributed by atoms with van der Waals surface area (Å²) in [4.78, 5) is 6.89. The molecule has 0 radical (unpaired) electrons. The summed E-state index contributed by atoms with van der Waals surface area (Å²) < 4.78 is 2.30. The number of nitrogens with zero attached hydrogens (tertiary/aromatic N) is 3. The number of piperidine rings is 1. The number of imidazole rings is 1. The number of rotatable bonds is 4. The highest BCUT2D eigenvalue weighted by Gasteiger charge is 2.16. The van der Waals surface area contributed by atoms with E-state index in [1.54, 1.807) is 0 Å². The smallest absolute Gasteiger partial charge is 0.0958 e. The van der Waals surface area contributed by atoms with Crippen molar-refractivity contribution in [2.45, 2.75) is 32.2 Å². The molecule has 1 aliphatic rings. The highest BCUT2D eigenvalue weighted by Crippen LogP contribution is 2.22. The van der Waals surface area contributed by atoms with Crippen LogP contribution in [0.2, 0.25) is 0 Å². The number of para-hydroxylation sites is 2. The highest BCUT2D eigenvalue weighted by molar-refractivity contribution is 5.74. The van der Waals surface area contributed by atoms with Crippen molar-refractivity contribution >= 4 is 11.0 Å². The van der Waals surface area contributed by atoms with Gasteiger partial charge >= 0.3 is 0 Å². The maximum Gasteiger partial charge on any atom is 0.0958 e. The Morgan fingerprint density at radius 1 is 1.21 bits per heavy atom. The van der Waals surface area contributed by atoms with Crippen LogP contribution in [0.15, 0.2) is 30.6 Å². The molecule has 3 heteroatoms. The van der Waals surface area contributed by atoms with E-state index >= 15 is 0 Å². The van der Waals surface area contributed by atoms with Gasteiger partial charge in [-0.15, -0.1) is 0 Å². The standard InChI is InChI=1S/C16H23N3/c1-18-11-8-14(9-12-18)5-4-10-19-13-17-15-6-2-3-7-16(15)19/h2-3,6-7,13-14H,4-5,8-12H2,1H3. The van der Waals surface area contributed by atoms with E-state index in [2.05, 4.69) is 45.8 Å². The van der Waals surface area contributed by atoms with Crippen LogP contribution in [0.3, 0.4) is 0 Å². The molecule has 0 N–H and O–H groups in total. The molecular formula is C16H23N3. The van der Waals surface area contributed by atoms with Crippen LogP contribution >= 0.6 is 0 Å². The van der Waals surface area contributed by atoms with E-state index in [9.17, 15) is 0 Å². The summed E-state index contributed by atoms with van der Waals surface area (Å²) in [5, 5.41) is 0. The van der Waals surface area contributed by atoms with Crippen molar-refractivity contribution in [2.24, 2.45) is 5.92 Å². The van der Waals surface area contributed by atoms with E-state index in [-0.39, 0.29) is 0 Å². The zero-order valence-corrected chi connectivity index (χ0v) is 11.8. The first-order valence-electron chi connectivity index (χ1n) is 7.41. The first-order chi connectivity index (χ1) is 9.33. The average Bonchev–Trinajstić information content (AvgIpc) is 2.85. The maximum atomic E-state index is 4.45. The van der Waals surface area contributed by atoms with Crippen molar-refractivity contribution in [1.29, 1.82) is 0 Å². The molecule has 0 unspecified atom stereocenters. The summed E-state index contributed by atoms with van der Waals surface area (Å²) in [6.07, 6.45) is 7.37. The summed E-state index contributed by atoms with van der Waals surface area (Å²) in [5.74, 6) is 0.936. The molecule has 0 atom stereocenters. The molecule has 102 valence electrons. The van der Waals surface area contributed by atoms with Gasteiger partial charge < -0.3 is 9.47 Å². The molecule has 0 aliphatic carbocycles. The van der Waals surface area contributed by atoms with E-state index < -0.39 is 0 Å². The summed E-state index contributed by atoms with van der Waals surface area (Å²) in [6.45, 7) is 3.66. The second-order valence-electron chi connectivity index (χ2n) is 5.82. The summed E-state index contributed by atoms with van der Waals surface area (Å²) in [5.41, 5.74) is 2.38. The van der Waals surface area contributed by atoms with Crippen molar-refractivity contribution in [2.75, 3.05) is 20.1 Å². The summed E-state index contributed by atoms with van der Waals surface area (Å²) in [6, 6.07) is 8.40. The number of aromatic nitrogens is 2. The number of aryl methyl sites for hydroxylation is 1. The monoisotopic (exact) mass is 257 g/mol. The van der Waals surface area contributed by atoms with Gasteiger partial charge in [0.25, 0.3) is 0 Å². The van der Waals surface area contributed by atoms with Gasteiger partial charge in [-0.25, -0.2) is 4.98 Å². The zero-order valence-electron chi connectivity index (χ0n) is 11.8. The molecule has 1 aliphatic heterocycles. The van der Waals surface area contributed by atoms with Gasteiger partial charge in [-0.1, -0.05) is 12.1 Å². The molecule has 0 spiro atoms. The molecule has 0 saturated carbocycles. The lowest BCUT2D eigenvalue weighted by molar-refractivity contribution is 0.209. The highest BCUT2D eigenvalue weighted by atomic mass is 15.1. The third-order valence-corrected chi connectivity index (χ3v) is 4.38. The van der Waals surface area contributed by atoms with Gasteiger partial charge in [0.2, 0.25) is 0 Å². The van der Waals surface area contributed by atoms with Gasteiger partial charge in [0.05, 0.1) is 17.4 Å². The van der Waals surface area contributed by atoms with Crippen molar-refractivity contribution in [1.82, 2.24) is 14.5 Å². The molecule has 0 amide bonds. The van der Waals surface area contributed by atoms with Gasteiger partial charge in [0.15, 0.2) is 0 Å². The SMILES string of the molecule is CN1CCC(CCCn2cnc3ccccc32)CC1. The Labute approximate surface area is 115 Å². The minimum atomic E-state index is 0.936. The molecule has 19 heavy (non-hydrogen) atoms. The van der Waals surface area contributed by atoms with E-state index in [0.29, 0.717) is 0 Å². The first kappa shape index (κ1) is 12.7. The quantitative estimate of drug-likeness (QED) is 0.839. The summed E-state index contributed by atoms with van der Waals surface area (Å²) in [7, 11) is 2.23. The lowest BCUT2D eigenvalue weighted by atomic mass is 9.92. The fraction of sp³-hybridized carbons (Fsp3) is 0.562. The normalized spacial score (nSPS) is 18.2. The van der Waals surface area contributed by atoms with Crippen LogP contribution in [-0.4, -0.2) is 34.6 Å². The van der Waals surface area contributed by atoms with Crippen LogP contribution in [0.1, 0.15) is 25.7 Å². The van der Waals surface area contributed by atoms with Crippen molar-refractivity contribution < 1.29 is 0 Å². The van der Waals surface area contributed by atoms with Crippen LogP contribution in [0.4, 0.5) is 0 Å². The van der Waals surface area contributed by atoms with Gasteiger partial charge in [0.1, 0.15) is 0 Å². The van der Waals surface area contributed by atoms with Gasteiger partial charge in [-0.3, -0.25) is 0 Å². The predicted molar refractivity (Wildman–Crippen MR) is 79.2 cm³/mol. The fourth-order valence-corrected chi connectivity index (χ4v) is 3.09. The van der Waals surface area contributed by atoms with Crippen LogP contribution in [-0.2, 0) is 6.54 Å². The minimum Gasteiger partial charge on any atom is -0.331 e. The van der Waals surface area contributed by atoms with Crippen LogP contribution in [0.5, 0.6) is 0 Å². The predicted octanol–water partition coefficient (Wildman–Crippen LogP) is 3.16. The van der Waals surface area contributed by atoms with E-state index in [0.717, 1.165) is 18.0 Å². The fourth-order valence-electron chi connectivity index (χ4n) is 3.09. The number of benzene rings is 1. The maximum absolute atomic E-state index is 4.45. The molecule has 0 bridgehead atoms. The van der Waals surface area contributed by atoms with E-state index in [1.807, 2.05) is 6.33 Å². The Morgan fingerprint density at radius 2 is 2.00 bits per heavy atom. The number of likely N-dealkylation sites (tertiary alicyclic amines) is 1. The lowest BCUT2D eigenvalue weighted by Crippen LogP contribution is -2.30. The first-order valence-corrected chi connectivity index (χ1v) is 7.41. The molecule has 3 nitrogen and oxygen atoms in total. The van der Waals surface area contributed by atoms with Gasteiger partial charge in [-0.2, -0.15) is 0 Å². The molecule has 1 aromatic carbocycles.